The van der Waals surface area contributed by atoms with E-state index in [9.17, 15) is 22.4 Å². The van der Waals surface area contributed by atoms with E-state index < -0.39 is 28.9 Å². The van der Waals surface area contributed by atoms with E-state index in [0.29, 0.717) is 0 Å². The molecule has 0 spiro atoms. The van der Waals surface area contributed by atoms with Crippen molar-refractivity contribution in [3.05, 3.63) is 58.4 Å². The molecule has 0 aliphatic rings. The Balaban J connectivity index is 2.64. The summed E-state index contributed by atoms with van der Waals surface area (Å²) in [6.07, 6.45) is -4.66. The highest BCUT2D eigenvalue weighted by atomic mass is 35.5. The number of ketones is 1. The van der Waals surface area contributed by atoms with Crippen LogP contribution in [0.25, 0.3) is 11.1 Å². The Morgan fingerprint density at radius 3 is 2.29 bits per heavy atom. The summed E-state index contributed by atoms with van der Waals surface area (Å²) in [5.74, 6) is -1.26. The summed E-state index contributed by atoms with van der Waals surface area (Å²) in [7, 11) is 0. The van der Waals surface area contributed by atoms with Gasteiger partial charge in [0, 0.05) is 11.1 Å². The Kier molecular flexibility index (Phi) is 4.05. The highest BCUT2D eigenvalue weighted by Crippen LogP contribution is 2.37. The van der Waals surface area contributed by atoms with Gasteiger partial charge in [-0.3, -0.25) is 4.79 Å². The fourth-order valence-corrected chi connectivity index (χ4v) is 2.25. The van der Waals surface area contributed by atoms with Crippen molar-refractivity contribution < 1.29 is 22.4 Å². The molecule has 6 heteroatoms. The number of carbonyl (C=O) groups is 1. The molecule has 2 aromatic rings. The first-order valence-electron chi connectivity index (χ1n) is 5.88. The van der Waals surface area contributed by atoms with Gasteiger partial charge in [0.15, 0.2) is 5.78 Å². The number of Topliss-reactive ketones (excluding diaryl/α,β-unsaturated/α-hetero) is 1. The van der Waals surface area contributed by atoms with E-state index >= 15 is 0 Å². The van der Waals surface area contributed by atoms with E-state index in [2.05, 4.69) is 0 Å². The third-order valence-electron chi connectivity index (χ3n) is 2.95. The van der Waals surface area contributed by atoms with Crippen LogP contribution in [0.4, 0.5) is 17.6 Å². The van der Waals surface area contributed by atoms with Crippen LogP contribution in [0.3, 0.4) is 0 Å². The molecule has 0 aliphatic heterocycles. The lowest BCUT2D eigenvalue weighted by molar-refractivity contribution is -0.137. The first-order chi connectivity index (χ1) is 9.70. The average Bonchev–Trinajstić information content (AvgIpc) is 2.37. The molecule has 2 rings (SSSR count). The maximum Gasteiger partial charge on any atom is 0.417 e. The van der Waals surface area contributed by atoms with Crippen LogP contribution in [0.15, 0.2) is 36.4 Å². The zero-order valence-corrected chi connectivity index (χ0v) is 11.5. The van der Waals surface area contributed by atoms with Crippen LogP contribution in [-0.4, -0.2) is 5.78 Å². The number of rotatable bonds is 2. The van der Waals surface area contributed by atoms with Crippen molar-refractivity contribution >= 4 is 17.4 Å². The molecule has 0 fully saturated rings. The topological polar surface area (TPSA) is 17.1 Å². The minimum Gasteiger partial charge on any atom is -0.294 e. The summed E-state index contributed by atoms with van der Waals surface area (Å²) in [4.78, 5) is 11.3. The molecule has 0 atom stereocenters. The van der Waals surface area contributed by atoms with Crippen molar-refractivity contribution in [1.82, 2.24) is 0 Å². The molecule has 1 nitrogen and oxygen atoms in total. The van der Waals surface area contributed by atoms with E-state index in [1.54, 1.807) is 0 Å². The normalized spacial score (nSPS) is 11.5. The van der Waals surface area contributed by atoms with Gasteiger partial charge in [0.1, 0.15) is 5.82 Å². The number of carbonyl (C=O) groups excluding carboxylic acids is 1. The fourth-order valence-electron chi connectivity index (χ4n) is 1.98. The lowest BCUT2D eigenvalue weighted by Crippen LogP contribution is -2.11. The molecule has 0 saturated carbocycles. The summed E-state index contributed by atoms with van der Waals surface area (Å²) < 4.78 is 52.1. The van der Waals surface area contributed by atoms with Gasteiger partial charge in [-0.25, -0.2) is 4.39 Å². The molecule has 0 heterocycles. The molecule has 0 radical (unpaired) electrons. The van der Waals surface area contributed by atoms with E-state index in [0.717, 1.165) is 31.2 Å². The zero-order valence-electron chi connectivity index (χ0n) is 10.8. The van der Waals surface area contributed by atoms with Crippen molar-refractivity contribution in [2.24, 2.45) is 0 Å². The van der Waals surface area contributed by atoms with Crippen LogP contribution in [0.1, 0.15) is 22.8 Å². The van der Waals surface area contributed by atoms with Crippen molar-refractivity contribution in [1.29, 1.82) is 0 Å². The molecule has 0 aliphatic carbocycles. The maximum atomic E-state index is 13.0. The smallest absolute Gasteiger partial charge is 0.294 e. The molecule has 0 unspecified atom stereocenters. The highest BCUT2D eigenvalue weighted by Gasteiger charge is 2.34. The van der Waals surface area contributed by atoms with Gasteiger partial charge in [-0.1, -0.05) is 23.7 Å². The Hall–Kier alpha value is -1.88. The minimum atomic E-state index is -4.66. The number of hydrogen-bond acceptors (Lipinski definition) is 1. The fraction of sp³-hybridized carbons (Fsp3) is 0.133. The summed E-state index contributed by atoms with van der Waals surface area (Å²) in [5, 5.41) is -0.00120. The Morgan fingerprint density at radius 1 is 1.10 bits per heavy atom. The first kappa shape index (κ1) is 15.5. The molecule has 0 aromatic heterocycles. The number of hydrogen-bond donors (Lipinski definition) is 0. The second-order valence-electron chi connectivity index (χ2n) is 4.44. The van der Waals surface area contributed by atoms with Crippen molar-refractivity contribution in [3.63, 3.8) is 0 Å². The Morgan fingerprint density at radius 2 is 1.76 bits per heavy atom. The Bertz CT molecular complexity index is 707. The van der Waals surface area contributed by atoms with Crippen LogP contribution in [-0.2, 0) is 6.18 Å². The maximum absolute atomic E-state index is 13.0. The van der Waals surface area contributed by atoms with Crippen LogP contribution in [0.5, 0.6) is 0 Å². The highest BCUT2D eigenvalue weighted by molar-refractivity contribution is 6.33. The quantitative estimate of drug-likeness (QED) is 0.538. The second-order valence-corrected chi connectivity index (χ2v) is 4.85. The molecule has 0 N–H and O–H groups in total. The van der Waals surface area contributed by atoms with E-state index in [1.165, 1.54) is 12.1 Å². The number of halogens is 5. The van der Waals surface area contributed by atoms with Gasteiger partial charge in [-0.2, -0.15) is 13.2 Å². The molecule has 0 bridgehead atoms. The van der Waals surface area contributed by atoms with Gasteiger partial charge in [0.05, 0.1) is 10.6 Å². The Labute approximate surface area is 123 Å². The molecule has 110 valence electrons. The molecular formula is C15H9ClF4O. The van der Waals surface area contributed by atoms with Crippen LogP contribution in [0, 0.1) is 5.82 Å². The van der Waals surface area contributed by atoms with Gasteiger partial charge >= 0.3 is 6.18 Å². The molecule has 0 saturated heterocycles. The summed E-state index contributed by atoms with van der Waals surface area (Å²) in [5.41, 5.74) is -1.02. The van der Waals surface area contributed by atoms with E-state index in [-0.39, 0.29) is 16.1 Å². The predicted octanol–water partition coefficient (Wildman–Crippen LogP) is 5.37. The summed E-state index contributed by atoms with van der Waals surface area (Å²) >= 11 is 5.84. The third-order valence-corrected chi connectivity index (χ3v) is 3.26. The second kappa shape index (κ2) is 5.48. The molecule has 21 heavy (non-hydrogen) atoms. The number of alkyl halides is 3. The van der Waals surface area contributed by atoms with E-state index in [1.807, 2.05) is 0 Å². The van der Waals surface area contributed by atoms with Crippen molar-refractivity contribution in [2.75, 3.05) is 0 Å². The van der Waals surface area contributed by atoms with Crippen LogP contribution in [0.2, 0.25) is 5.02 Å². The monoisotopic (exact) mass is 316 g/mol. The van der Waals surface area contributed by atoms with Crippen molar-refractivity contribution in [3.8, 4) is 11.1 Å². The molecule has 0 amide bonds. The predicted molar refractivity (Wildman–Crippen MR) is 71.9 cm³/mol. The third kappa shape index (κ3) is 3.24. The van der Waals surface area contributed by atoms with Crippen molar-refractivity contribution in [2.45, 2.75) is 13.1 Å². The molecule has 2 aromatic carbocycles. The summed E-state index contributed by atoms with van der Waals surface area (Å²) in [6.45, 7) is 1.06. The number of benzene rings is 2. The average molecular weight is 317 g/mol. The molecular weight excluding hydrogens is 308 g/mol. The zero-order chi connectivity index (χ0) is 15.8. The first-order valence-corrected chi connectivity index (χ1v) is 6.25. The minimum absolute atomic E-state index is 0.00120. The summed E-state index contributed by atoms with van der Waals surface area (Å²) in [6, 6.07) is 6.71. The van der Waals surface area contributed by atoms with Gasteiger partial charge in [-0.15, -0.1) is 0 Å². The van der Waals surface area contributed by atoms with Crippen LogP contribution >= 0.6 is 11.6 Å². The van der Waals surface area contributed by atoms with Crippen LogP contribution < -0.4 is 0 Å². The SMILES string of the molecule is CC(=O)c1ccc(-c2ccc(F)cc2Cl)cc1C(F)(F)F. The van der Waals surface area contributed by atoms with Gasteiger partial charge in [0.25, 0.3) is 0 Å². The van der Waals surface area contributed by atoms with Gasteiger partial charge in [0.2, 0.25) is 0 Å². The largest absolute Gasteiger partial charge is 0.417 e. The lowest BCUT2D eigenvalue weighted by Gasteiger charge is -2.13. The van der Waals surface area contributed by atoms with Gasteiger partial charge < -0.3 is 0 Å². The lowest BCUT2D eigenvalue weighted by atomic mass is 9.97. The van der Waals surface area contributed by atoms with Gasteiger partial charge in [-0.05, 0) is 36.8 Å². The standard InChI is InChI=1S/C15H9ClF4O/c1-8(21)11-4-2-9(6-13(11)15(18,19)20)12-5-3-10(17)7-14(12)16/h2-7H,1H3. The van der Waals surface area contributed by atoms with E-state index in [4.69, 9.17) is 11.6 Å².